The van der Waals surface area contributed by atoms with Crippen molar-refractivity contribution >= 4 is 17.6 Å². The molecule has 4 heteroatoms. The van der Waals surface area contributed by atoms with E-state index in [0.29, 0.717) is 6.04 Å². The highest BCUT2D eigenvalue weighted by Crippen LogP contribution is 2.41. The SMILES string of the molecule is Cc1ccc(/C=N/N2CC[NH+](C3c4ccccc4-c4ccccc43)CC2)s1. The number of benzene rings is 2. The molecule has 0 saturated carbocycles. The summed E-state index contributed by atoms with van der Waals surface area (Å²) in [6.45, 7) is 6.40. The fourth-order valence-corrected chi connectivity index (χ4v) is 5.19. The average Bonchev–Trinajstić information content (AvgIpc) is 3.28. The van der Waals surface area contributed by atoms with Gasteiger partial charge in [-0.05, 0) is 30.2 Å². The van der Waals surface area contributed by atoms with Gasteiger partial charge in [0.2, 0.25) is 0 Å². The van der Waals surface area contributed by atoms with Crippen molar-refractivity contribution in [3.8, 4) is 11.1 Å². The van der Waals surface area contributed by atoms with Gasteiger partial charge in [0.1, 0.15) is 6.04 Å². The second-order valence-electron chi connectivity index (χ2n) is 7.41. The van der Waals surface area contributed by atoms with Crippen LogP contribution in [0.3, 0.4) is 0 Å². The number of piperazine rings is 1. The van der Waals surface area contributed by atoms with Gasteiger partial charge in [-0.15, -0.1) is 11.3 Å². The van der Waals surface area contributed by atoms with Crippen LogP contribution in [-0.2, 0) is 0 Å². The first-order valence-electron chi connectivity index (χ1n) is 9.68. The van der Waals surface area contributed by atoms with Gasteiger partial charge in [-0.3, -0.25) is 5.01 Å². The van der Waals surface area contributed by atoms with Gasteiger partial charge in [0, 0.05) is 20.9 Å². The molecule has 1 saturated heterocycles. The number of thiophene rings is 1. The Hall–Kier alpha value is -2.43. The summed E-state index contributed by atoms with van der Waals surface area (Å²) in [7, 11) is 0. The van der Waals surface area contributed by atoms with Crippen LogP contribution in [0.25, 0.3) is 11.1 Å². The van der Waals surface area contributed by atoms with Gasteiger partial charge in [0.25, 0.3) is 0 Å². The number of hydrazone groups is 1. The molecule has 0 spiro atoms. The molecule has 0 amide bonds. The summed E-state index contributed by atoms with van der Waals surface area (Å²) in [6, 6.07) is 22.6. The van der Waals surface area contributed by atoms with Crippen molar-refractivity contribution in [2.75, 3.05) is 26.2 Å². The van der Waals surface area contributed by atoms with Gasteiger partial charge >= 0.3 is 0 Å². The van der Waals surface area contributed by atoms with Crippen LogP contribution in [0.15, 0.2) is 65.8 Å². The van der Waals surface area contributed by atoms with Crippen LogP contribution < -0.4 is 4.90 Å². The predicted molar refractivity (Wildman–Crippen MR) is 113 cm³/mol. The highest BCUT2D eigenvalue weighted by Gasteiger charge is 2.37. The van der Waals surface area contributed by atoms with Crippen LogP contribution in [-0.4, -0.2) is 37.4 Å². The van der Waals surface area contributed by atoms with E-state index in [9.17, 15) is 0 Å². The Balaban J connectivity index is 1.33. The topological polar surface area (TPSA) is 20.0 Å². The Morgan fingerprint density at radius 3 is 2.15 bits per heavy atom. The Bertz CT molecular complexity index is 937. The number of fused-ring (bicyclic) bond motifs is 3. The molecule has 2 heterocycles. The zero-order chi connectivity index (χ0) is 18.2. The minimum atomic E-state index is 0.462. The van der Waals surface area contributed by atoms with Crippen LogP contribution in [0.4, 0.5) is 0 Å². The van der Waals surface area contributed by atoms with Crippen molar-refractivity contribution in [1.82, 2.24) is 5.01 Å². The average molecular weight is 375 g/mol. The maximum atomic E-state index is 4.72. The Morgan fingerprint density at radius 2 is 1.56 bits per heavy atom. The van der Waals surface area contributed by atoms with Crippen LogP contribution >= 0.6 is 11.3 Å². The van der Waals surface area contributed by atoms with Gasteiger partial charge in [-0.25, -0.2) is 0 Å². The van der Waals surface area contributed by atoms with E-state index in [1.807, 2.05) is 6.21 Å². The third-order valence-corrected chi connectivity index (χ3v) is 6.67. The van der Waals surface area contributed by atoms with Gasteiger partial charge in [0.15, 0.2) is 0 Å². The number of nitrogens with one attached hydrogen (secondary N) is 1. The standard InChI is InChI=1S/C23H23N3S/c1-17-10-11-18(27-17)16-24-26-14-12-25(13-15-26)23-21-8-4-2-6-19(21)20-7-3-5-9-22(20)23/h2-11,16,23H,12-15H2,1H3/p+1/b24-16+. The minimum Gasteiger partial charge on any atom is -0.322 e. The van der Waals surface area contributed by atoms with Gasteiger partial charge in [0.05, 0.1) is 32.4 Å². The summed E-state index contributed by atoms with van der Waals surface area (Å²) in [5, 5.41) is 6.95. The summed E-state index contributed by atoms with van der Waals surface area (Å²) >= 11 is 1.80. The number of quaternary nitrogens is 1. The Morgan fingerprint density at radius 1 is 0.926 bits per heavy atom. The van der Waals surface area contributed by atoms with E-state index < -0.39 is 0 Å². The lowest BCUT2D eigenvalue weighted by Crippen LogP contribution is -3.14. The molecule has 1 aliphatic heterocycles. The third kappa shape index (κ3) is 3.09. The molecule has 2 aromatic carbocycles. The van der Waals surface area contributed by atoms with E-state index in [1.165, 1.54) is 32.0 Å². The number of rotatable bonds is 3. The number of aryl methyl sites for hydroxylation is 1. The normalized spacial score (nSPS) is 17.4. The van der Waals surface area contributed by atoms with E-state index in [1.54, 1.807) is 16.2 Å². The largest absolute Gasteiger partial charge is 0.322 e. The van der Waals surface area contributed by atoms with Crippen LogP contribution in [0.2, 0.25) is 0 Å². The highest BCUT2D eigenvalue weighted by atomic mass is 32.1. The van der Waals surface area contributed by atoms with Crippen LogP contribution in [0.1, 0.15) is 26.9 Å². The maximum Gasteiger partial charge on any atom is 0.140 e. The van der Waals surface area contributed by atoms with E-state index >= 15 is 0 Å². The molecular formula is C23H24N3S+. The first-order valence-corrected chi connectivity index (χ1v) is 10.5. The molecule has 3 nitrogen and oxygen atoms in total. The van der Waals surface area contributed by atoms with Crippen molar-refractivity contribution in [3.05, 3.63) is 81.5 Å². The van der Waals surface area contributed by atoms with Crippen LogP contribution in [0, 0.1) is 6.92 Å². The predicted octanol–water partition coefficient (Wildman–Crippen LogP) is 3.36. The second kappa shape index (κ2) is 6.95. The van der Waals surface area contributed by atoms with Gasteiger partial charge < -0.3 is 4.90 Å². The molecule has 0 atom stereocenters. The molecule has 0 unspecified atom stereocenters. The maximum absolute atomic E-state index is 4.72. The molecule has 136 valence electrons. The smallest absolute Gasteiger partial charge is 0.140 e. The molecule has 1 aliphatic carbocycles. The second-order valence-corrected chi connectivity index (χ2v) is 8.73. The van der Waals surface area contributed by atoms with Crippen LogP contribution in [0.5, 0.6) is 0 Å². The lowest BCUT2D eigenvalue weighted by Gasteiger charge is -2.34. The molecule has 1 aromatic heterocycles. The minimum absolute atomic E-state index is 0.462. The molecule has 0 radical (unpaired) electrons. The van der Waals surface area contributed by atoms with E-state index in [-0.39, 0.29) is 0 Å². The molecule has 1 fully saturated rings. The summed E-state index contributed by atoms with van der Waals surface area (Å²) in [4.78, 5) is 4.23. The molecule has 5 rings (SSSR count). The molecular weight excluding hydrogens is 350 g/mol. The van der Waals surface area contributed by atoms with E-state index in [2.05, 4.69) is 72.6 Å². The summed E-state index contributed by atoms with van der Waals surface area (Å²) in [5.74, 6) is 0. The highest BCUT2D eigenvalue weighted by molar-refractivity contribution is 7.13. The third-order valence-electron chi connectivity index (χ3n) is 5.73. The summed E-state index contributed by atoms with van der Waals surface area (Å²) in [6.07, 6.45) is 2.02. The zero-order valence-electron chi connectivity index (χ0n) is 15.6. The van der Waals surface area contributed by atoms with E-state index in [4.69, 9.17) is 5.10 Å². The van der Waals surface area contributed by atoms with Crippen molar-refractivity contribution in [1.29, 1.82) is 0 Å². The monoisotopic (exact) mass is 374 g/mol. The van der Waals surface area contributed by atoms with Crippen molar-refractivity contribution < 1.29 is 4.90 Å². The zero-order valence-corrected chi connectivity index (χ0v) is 16.4. The van der Waals surface area contributed by atoms with Crippen molar-refractivity contribution in [2.45, 2.75) is 13.0 Å². The Labute approximate surface area is 164 Å². The first-order chi connectivity index (χ1) is 13.3. The molecule has 27 heavy (non-hydrogen) atoms. The number of nitrogens with zero attached hydrogens (tertiary/aromatic N) is 2. The Kier molecular flexibility index (Phi) is 4.30. The molecule has 0 bridgehead atoms. The summed E-state index contributed by atoms with van der Waals surface area (Å²) < 4.78 is 0. The first kappa shape index (κ1) is 16.7. The lowest BCUT2D eigenvalue weighted by atomic mass is 10.0. The quantitative estimate of drug-likeness (QED) is 0.697. The van der Waals surface area contributed by atoms with Crippen molar-refractivity contribution in [2.24, 2.45) is 5.10 Å². The molecule has 3 aromatic rings. The summed E-state index contributed by atoms with van der Waals surface area (Å²) in [5.41, 5.74) is 5.80. The molecule has 2 aliphatic rings. The van der Waals surface area contributed by atoms with Gasteiger partial charge in [-0.2, -0.15) is 5.10 Å². The van der Waals surface area contributed by atoms with Gasteiger partial charge in [-0.1, -0.05) is 48.5 Å². The van der Waals surface area contributed by atoms with Crippen molar-refractivity contribution in [3.63, 3.8) is 0 Å². The lowest BCUT2D eigenvalue weighted by molar-refractivity contribution is -0.929. The van der Waals surface area contributed by atoms with E-state index in [0.717, 1.165) is 26.2 Å². The molecule has 1 N–H and O–H groups in total. The fraction of sp³-hybridized carbons (Fsp3) is 0.261. The fourth-order valence-electron chi connectivity index (χ4n) is 4.44. The number of hydrogen-bond acceptors (Lipinski definition) is 3. The number of hydrogen-bond donors (Lipinski definition) is 1.